The van der Waals surface area contributed by atoms with Gasteiger partial charge in [-0.05, 0) is 0 Å². The van der Waals surface area contributed by atoms with Crippen LogP contribution in [-0.2, 0) is 26.2 Å². The molecule has 0 saturated heterocycles. The van der Waals surface area contributed by atoms with Gasteiger partial charge < -0.3 is 24.8 Å². The predicted octanol–water partition coefficient (Wildman–Crippen LogP) is -2.64. The van der Waals surface area contributed by atoms with Gasteiger partial charge in [0.05, 0.1) is 0 Å². The Morgan fingerprint density at radius 1 is 1.21 bits per heavy atom. The van der Waals surface area contributed by atoms with E-state index in [1.807, 2.05) is 0 Å². The molecule has 0 aromatic heterocycles. The molecule has 0 fully saturated rings. The largest absolute Gasteiger partial charge is 3.00 e. The molecule has 0 nitrogen and oxygen atoms in total. The third-order valence-corrected chi connectivity index (χ3v) is 2.07. The Balaban J connectivity index is -0.000000403. The van der Waals surface area contributed by atoms with Crippen molar-refractivity contribution in [2.75, 3.05) is 0 Å². The molecule has 1 atom stereocenters. The minimum Gasteiger partial charge on any atom is -1.00 e. The third kappa shape index (κ3) is 5.14. The average Bonchev–Trinajstić information content (AvgIpc) is 2.08. The summed E-state index contributed by atoms with van der Waals surface area (Å²) < 4.78 is 0. The van der Waals surface area contributed by atoms with Crippen molar-refractivity contribution in [3.05, 3.63) is 23.3 Å². The Kier molecular flexibility index (Phi) is 10.6. The second kappa shape index (κ2) is 7.26. The molecule has 0 aromatic rings. The maximum atomic E-state index is 3.40. The summed E-state index contributed by atoms with van der Waals surface area (Å²) in [6.07, 6.45) is 5.71. The van der Waals surface area contributed by atoms with Crippen molar-refractivity contribution in [1.29, 1.82) is 0 Å². The molecule has 1 unspecified atom stereocenters. The number of allylic oxidation sites excluding steroid dienone is 4. The van der Waals surface area contributed by atoms with Gasteiger partial charge in [-0.2, -0.15) is 11.6 Å². The monoisotopic (exact) mass is 309 g/mol. The maximum Gasteiger partial charge on any atom is 3.00 e. The van der Waals surface area contributed by atoms with Gasteiger partial charge >= 0.3 is 26.2 Å². The van der Waals surface area contributed by atoms with Gasteiger partial charge in [-0.3, -0.25) is 6.08 Å². The van der Waals surface area contributed by atoms with E-state index in [0.717, 1.165) is 0 Å². The molecule has 3 heteroatoms. The van der Waals surface area contributed by atoms with Crippen molar-refractivity contribution in [3.63, 3.8) is 0 Å². The molecule has 14 heavy (non-hydrogen) atoms. The molecule has 1 aliphatic carbocycles. The van der Waals surface area contributed by atoms with E-state index in [1.165, 1.54) is 11.1 Å². The summed E-state index contributed by atoms with van der Waals surface area (Å²) in [7, 11) is 0. The van der Waals surface area contributed by atoms with Gasteiger partial charge in [0.25, 0.3) is 0 Å². The average molecular weight is 311 g/mol. The number of hydrogen-bond acceptors (Lipinski definition) is 0. The summed E-state index contributed by atoms with van der Waals surface area (Å²) in [6.45, 7) is 11.1. The van der Waals surface area contributed by atoms with Crippen LogP contribution in [0.4, 0.5) is 0 Å². The van der Waals surface area contributed by atoms with Crippen molar-refractivity contribution < 1.29 is 51.0 Å². The predicted molar refractivity (Wildman–Crippen MR) is 49.1 cm³/mol. The van der Waals surface area contributed by atoms with Crippen LogP contribution < -0.4 is 24.8 Å². The molecule has 0 heterocycles. The summed E-state index contributed by atoms with van der Waals surface area (Å²) in [5, 5.41) is 0. The molecule has 0 saturated carbocycles. The first kappa shape index (κ1) is 20.4. The summed E-state index contributed by atoms with van der Waals surface area (Å²) in [5.74, 6) is 0.518. The second-order valence-electron chi connectivity index (χ2n) is 4.39. The van der Waals surface area contributed by atoms with E-state index in [9.17, 15) is 0 Å². The van der Waals surface area contributed by atoms with Crippen molar-refractivity contribution in [2.45, 2.75) is 34.6 Å². The molecule has 0 bridgehead atoms. The summed E-state index contributed by atoms with van der Waals surface area (Å²) in [5.41, 5.74) is 3.09. The van der Waals surface area contributed by atoms with Crippen LogP contribution in [0.1, 0.15) is 34.6 Å². The fraction of sp³-hybridized carbons (Fsp3) is 0.636. The first-order valence-corrected chi connectivity index (χ1v) is 4.24. The van der Waals surface area contributed by atoms with Gasteiger partial charge in [-0.1, -0.05) is 46.0 Å². The van der Waals surface area contributed by atoms with Gasteiger partial charge in [0.1, 0.15) is 0 Å². The van der Waals surface area contributed by atoms with Crippen LogP contribution >= 0.6 is 0 Å². The zero-order chi connectivity index (χ0) is 8.65. The molecular weight excluding hydrogens is 294 g/mol. The topological polar surface area (TPSA) is 0 Å². The Morgan fingerprint density at radius 2 is 1.64 bits per heavy atom. The molecule has 1 aliphatic rings. The molecular formula is C11H17Cl2Zr. The fourth-order valence-corrected chi connectivity index (χ4v) is 1.65. The maximum absolute atomic E-state index is 3.40. The quantitative estimate of drug-likeness (QED) is 0.429. The van der Waals surface area contributed by atoms with Crippen LogP contribution in [-0.4, -0.2) is 0 Å². The second-order valence-corrected chi connectivity index (χ2v) is 4.39. The SMILES string of the molecule is CC1=[C-]C(C)C=C1C(C)(C)C.[Cl-].[Cl-].[Zr+3]. The number of hydrogen-bond donors (Lipinski definition) is 0. The molecule has 0 aliphatic heterocycles. The van der Waals surface area contributed by atoms with Crippen LogP contribution in [0.5, 0.6) is 0 Å². The summed E-state index contributed by atoms with van der Waals surface area (Å²) >= 11 is 0. The van der Waals surface area contributed by atoms with Crippen molar-refractivity contribution in [2.24, 2.45) is 11.3 Å². The molecule has 1 rings (SSSR count). The Labute approximate surface area is 120 Å². The third-order valence-electron chi connectivity index (χ3n) is 2.07. The molecule has 79 valence electrons. The fourth-order valence-electron chi connectivity index (χ4n) is 1.65. The van der Waals surface area contributed by atoms with Crippen molar-refractivity contribution in [1.82, 2.24) is 0 Å². The van der Waals surface area contributed by atoms with E-state index < -0.39 is 0 Å². The van der Waals surface area contributed by atoms with Gasteiger partial charge in [-0.25, -0.2) is 5.57 Å². The van der Waals surface area contributed by atoms with Gasteiger partial charge in [-0.15, -0.1) is 0 Å². The normalized spacial score (nSPS) is 19.6. The van der Waals surface area contributed by atoms with Crippen LogP contribution in [0.25, 0.3) is 0 Å². The van der Waals surface area contributed by atoms with Gasteiger partial charge in [0, 0.05) is 0 Å². The van der Waals surface area contributed by atoms with E-state index >= 15 is 0 Å². The zero-order valence-corrected chi connectivity index (χ0v) is 13.4. The minimum absolute atomic E-state index is 0. The first-order valence-electron chi connectivity index (χ1n) is 4.24. The minimum atomic E-state index is 0. The molecule has 0 spiro atoms. The van der Waals surface area contributed by atoms with Crippen molar-refractivity contribution >= 4 is 0 Å². The van der Waals surface area contributed by atoms with E-state index in [-0.39, 0.29) is 51.0 Å². The summed E-state index contributed by atoms with van der Waals surface area (Å²) in [4.78, 5) is 0. The Hall–Kier alpha value is 0.943. The van der Waals surface area contributed by atoms with Gasteiger partial charge in [0.15, 0.2) is 0 Å². The smallest absolute Gasteiger partial charge is 1.00 e. The first-order chi connectivity index (χ1) is 4.91. The Bertz CT molecular complexity index is 224. The van der Waals surface area contributed by atoms with E-state index in [0.29, 0.717) is 11.3 Å². The van der Waals surface area contributed by atoms with E-state index in [4.69, 9.17) is 0 Å². The van der Waals surface area contributed by atoms with Crippen LogP contribution in [0.2, 0.25) is 0 Å². The van der Waals surface area contributed by atoms with E-state index in [2.05, 4.69) is 46.8 Å². The summed E-state index contributed by atoms with van der Waals surface area (Å²) in [6, 6.07) is 0. The standard InChI is InChI=1S/C11H17.2ClH.Zr/c1-8-6-9(2)10(7-8)11(3,4)5;;;/h7-8H,1-5H3;2*1H;/q-1;;;+3/p-2. The van der Waals surface area contributed by atoms with Crippen LogP contribution in [0.15, 0.2) is 17.2 Å². The molecule has 0 amide bonds. The van der Waals surface area contributed by atoms with Crippen LogP contribution in [0.3, 0.4) is 0 Å². The molecule has 0 N–H and O–H groups in total. The molecule has 0 aromatic carbocycles. The molecule has 1 radical (unpaired) electrons. The Morgan fingerprint density at radius 3 is 1.79 bits per heavy atom. The van der Waals surface area contributed by atoms with Crippen LogP contribution in [0, 0.1) is 17.4 Å². The number of halogens is 2. The van der Waals surface area contributed by atoms with E-state index in [1.54, 1.807) is 0 Å². The van der Waals surface area contributed by atoms with Gasteiger partial charge in [0.2, 0.25) is 0 Å². The zero-order valence-electron chi connectivity index (χ0n) is 9.41. The number of rotatable bonds is 0. The van der Waals surface area contributed by atoms with Crippen molar-refractivity contribution in [3.8, 4) is 0 Å².